The number of alkyl halides is 3. The fourth-order valence-electron chi connectivity index (χ4n) is 2.04. The van der Waals surface area contributed by atoms with Gasteiger partial charge in [0.2, 0.25) is 5.91 Å². The second kappa shape index (κ2) is 5.17. The van der Waals surface area contributed by atoms with Crippen LogP contribution in [0.1, 0.15) is 36.3 Å². The summed E-state index contributed by atoms with van der Waals surface area (Å²) in [5, 5.41) is 10.9. The van der Waals surface area contributed by atoms with Gasteiger partial charge in [0.15, 0.2) is 10.8 Å². The summed E-state index contributed by atoms with van der Waals surface area (Å²) in [6.45, 7) is 0. The van der Waals surface area contributed by atoms with Crippen molar-refractivity contribution in [3.63, 3.8) is 0 Å². The Balaban J connectivity index is 2.15. The monoisotopic (exact) mass is 289 g/mol. The van der Waals surface area contributed by atoms with Gasteiger partial charge in [0, 0.05) is 5.92 Å². The van der Waals surface area contributed by atoms with Gasteiger partial charge >= 0.3 is 6.18 Å². The molecular weight excluding hydrogens is 279 g/mol. The van der Waals surface area contributed by atoms with E-state index in [2.05, 4.69) is 10.3 Å². The molecule has 1 fully saturated rings. The molecule has 0 aromatic carbocycles. The van der Waals surface area contributed by atoms with Crippen LogP contribution >= 0.6 is 11.3 Å². The Morgan fingerprint density at radius 1 is 1.42 bits per heavy atom. The molecule has 0 spiro atoms. The number of halogens is 3. The van der Waals surface area contributed by atoms with E-state index >= 15 is 0 Å². The Morgan fingerprint density at radius 3 is 2.53 bits per heavy atom. The Hall–Kier alpha value is -1.62. The van der Waals surface area contributed by atoms with Gasteiger partial charge in [-0.1, -0.05) is 24.2 Å². The maximum Gasteiger partial charge on any atom is 0.435 e. The molecule has 4 nitrogen and oxygen atoms in total. The Morgan fingerprint density at radius 2 is 2.05 bits per heavy atom. The van der Waals surface area contributed by atoms with Crippen LogP contribution in [0.5, 0.6) is 0 Å². The molecule has 1 aliphatic carbocycles. The van der Waals surface area contributed by atoms with Crippen LogP contribution in [0.3, 0.4) is 0 Å². The first kappa shape index (κ1) is 13.8. The number of hydrogen-bond donors (Lipinski definition) is 1. The molecule has 1 N–H and O–H groups in total. The van der Waals surface area contributed by atoms with Crippen molar-refractivity contribution in [1.82, 2.24) is 4.98 Å². The molecular formula is C11H10F3N3OS. The molecule has 0 aliphatic heterocycles. The molecule has 0 bridgehead atoms. The minimum Gasteiger partial charge on any atom is -0.302 e. The van der Waals surface area contributed by atoms with E-state index < -0.39 is 16.7 Å². The molecule has 1 saturated carbocycles. The van der Waals surface area contributed by atoms with Gasteiger partial charge in [0.05, 0.1) is 0 Å². The average Bonchev–Trinajstić information content (AvgIpc) is 2.96. The predicted octanol–water partition coefficient (Wildman–Crippen LogP) is 3.16. The van der Waals surface area contributed by atoms with E-state index in [0.29, 0.717) is 11.3 Å². The van der Waals surface area contributed by atoms with E-state index in [1.54, 1.807) is 0 Å². The van der Waals surface area contributed by atoms with Crippen LogP contribution in [0.15, 0.2) is 0 Å². The summed E-state index contributed by atoms with van der Waals surface area (Å²) in [6, 6.07) is 1.45. The van der Waals surface area contributed by atoms with Crippen molar-refractivity contribution >= 4 is 22.4 Å². The van der Waals surface area contributed by atoms with Crippen molar-refractivity contribution in [2.75, 3.05) is 5.32 Å². The van der Waals surface area contributed by atoms with Gasteiger partial charge in [-0.15, -0.1) is 0 Å². The van der Waals surface area contributed by atoms with E-state index in [1.807, 2.05) is 0 Å². The highest BCUT2D eigenvalue weighted by atomic mass is 32.1. The molecule has 102 valence electrons. The fourth-order valence-corrected chi connectivity index (χ4v) is 2.82. The molecule has 0 saturated heterocycles. The average molecular weight is 289 g/mol. The lowest BCUT2D eigenvalue weighted by Gasteiger charge is -2.07. The number of anilines is 1. The maximum absolute atomic E-state index is 12.6. The summed E-state index contributed by atoms with van der Waals surface area (Å²) in [5.41, 5.74) is -1.23. The van der Waals surface area contributed by atoms with Gasteiger partial charge in [-0.2, -0.15) is 18.4 Å². The zero-order chi connectivity index (χ0) is 14.0. The third kappa shape index (κ3) is 3.04. The number of hydrogen-bond acceptors (Lipinski definition) is 4. The highest BCUT2D eigenvalue weighted by Crippen LogP contribution is 2.36. The first-order valence-electron chi connectivity index (χ1n) is 5.71. The maximum atomic E-state index is 12.6. The number of thiazole rings is 1. The Bertz CT molecular complexity index is 526. The zero-order valence-corrected chi connectivity index (χ0v) is 10.6. The van der Waals surface area contributed by atoms with Crippen LogP contribution < -0.4 is 5.32 Å². The van der Waals surface area contributed by atoms with Crippen molar-refractivity contribution in [3.05, 3.63) is 10.6 Å². The second-order valence-corrected chi connectivity index (χ2v) is 5.28. The van der Waals surface area contributed by atoms with Crippen LogP contribution in [0, 0.1) is 17.2 Å². The van der Waals surface area contributed by atoms with E-state index in [1.165, 1.54) is 6.07 Å². The smallest absolute Gasteiger partial charge is 0.302 e. The van der Waals surface area contributed by atoms with Crippen LogP contribution in [0.4, 0.5) is 18.3 Å². The first-order valence-corrected chi connectivity index (χ1v) is 6.52. The number of nitriles is 1. The minimum absolute atomic E-state index is 0.163. The number of nitrogens with zero attached hydrogens (tertiary/aromatic N) is 2. The number of rotatable bonds is 2. The van der Waals surface area contributed by atoms with Crippen LogP contribution in [0.25, 0.3) is 0 Å². The van der Waals surface area contributed by atoms with Gasteiger partial charge in [-0.05, 0) is 12.8 Å². The molecule has 2 rings (SSSR count). The number of carbonyl (C=O) groups excluding carboxylic acids is 1. The Labute approximate surface area is 111 Å². The quantitative estimate of drug-likeness (QED) is 0.909. The van der Waals surface area contributed by atoms with Gasteiger partial charge in [-0.25, -0.2) is 4.98 Å². The summed E-state index contributed by atoms with van der Waals surface area (Å²) >= 11 is 0.549. The second-order valence-electron chi connectivity index (χ2n) is 4.28. The highest BCUT2D eigenvalue weighted by Gasteiger charge is 2.38. The van der Waals surface area contributed by atoms with Gasteiger partial charge < -0.3 is 5.32 Å². The normalized spacial score (nSPS) is 16.3. The topological polar surface area (TPSA) is 65.8 Å². The number of amides is 1. The van der Waals surface area contributed by atoms with Crippen molar-refractivity contribution in [3.8, 4) is 6.07 Å². The summed E-state index contributed by atoms with van der Waals surface area (Å²) in [7, 11) is 0. The molecule has 19 heavy (non-hydrogen) atoms. The summed E-state index contributed by atoms with van der Waals surface area (Å²) in [6.07, 6.45) is -1.29. The molecule has 1 heterocycles. The largest absolute Gasteiger partial charge is 0.435 e. The lowest BCUT2D eigenvalue weighted by Crippen LogP contribution is -2.20. The van der Waals surface area contributed by atoms with Crippen LogP contribution in [-0.2, 0) is 11.0 Å². The lowest BCUT2D eigenvalue weighted by molar-refractivity contribution is -0.140. The highest BCUT2D eigenvalue weighted by molar-refractivity contribution is 7.16. The molecule has 8 heteroatoms. The van der Waals surface area contributed by atoms with E-state index in [4.69, 9.17) is 5.26 Å². The summed E-state index contributed by atoms with van der Waals surface area (Å²) in [4.78, 5) is 14.5. The van der Waals surface area contributed by atoms with E-state index in [-0.39, 0.29) is 17.0 Å². The Kier molecular flexibility index (Phi) is 3.75. The van der Waals surface area contributed by atoms with Crippen LogP contribution in [0.2, 0.25) is 0 Å². The molecule has 1 amide bonds. The van der Waals surface area contributed by atoms with Crippen molar-refractivity contribution in [2.24, 2.45) is 5.92 Å². The number of aromatic nitrogens is 1. The van der Waals surface area contributed by atoms with E-state index in [9.17, 15) is 18.0 Å². The lowest BCUT2D eigenvalue weighted by atomic mass is 10.1. The molecule has 0 unspecified atom stereocenters. The van der Waals surface area contributed by atoms with Crippen molar-refractivity contribution in [1.29, 1.82) is 5.26 Å². The third-order valence-electron chi connectivity index (χ3n) is 2.95. The minimum atomic E-state index is -4.68. The zero-order valence-electron chi connectivity index (χ0n) is 9.75. The molecule has 0 atom stereocenters. The number of nitrogens with one attached hydrogen (secondary N) is 1. The fraction of sp³-hybridized carbons (Fsp3) is 0.545. The number of carbonyl (C=O) groups is 1. The summed E-state index contributed by atoms with van der Waals surface area (Å²) in [5.74, 6) is -0.478. The van der Waals surface area contributed by atoms with Gasteiger partial charge in [0.25, 0.3) is 0 Å². The molecule has 1 aromatic heterocycles. The predicted molar refractivity (Wildman–Crippen MR) is 62.4 cm³/mol. The van der Waals surface area contributed by atoms with Crippen molar-refractivity contribution in [2.45, 2.75) is 31.9 Å². The van der Waals surface area contributed by atoms with Crippen LogP contribution in [-0.4, -0.2) is 10.9 Å². The standard InChI is InChI=1S/C11H10F3N3OS/c12-11(13,14)8-7(5-15)19-10(16-8)17-9(18)6-3-1-2-4-6/h6H,1-4H2,(H,16,17,18). The molecule has 0 radical (unpaired) electrons. The SMILES string of the molecule is N#Cc1sc(NC(=O)C2CCCC2)nc1C(F)(F)F. The molecule has 1 aromatic rings. The molecule has 1 aliphatic rings. The first-order chi connectivity index (χ1) is 8.91. The van der Waals surface area contributed by atoms with Gasteiger partial charge in [-0.3, -0.25) is 4.79 Å². The van der Waals surface area contributed by atoms with E-state index in [0.717, 1.165) is 25.7 Å². The van der Waals surface area contributed by atoms with Crippen molar-refractivity contribution < 1.29 is 18.0 Å². The third-order valence-corrected chi connectivity index (χ3v) is 3.83. The summed E-state index contributed by atoms with van der Waals surface area (Å²) < 4.78 is 37.7. The van der Waals surface area contributed by atoms with Gasteiger partial charge in [0.1, 0.15) is 10.9 Å².